The molecule has 10 heteroatoms. The fourth-order valence-corrected chi connectivity index (χ4v) is 3.41. The molecule has 0 aliphatic heterocycles. The summed E-state index contributed by atoms with van der Waals surface area (Å²) in [5.74, 6) is 0.919. The highest BCUT2D eigenvalue weighted by molar-refractivity contribution is 5.89. The summed E-state index contributed by atoms with van der Waals surface area (Å²) in [7, 11) is 1.16. The van der Waals surface area contributed by atoms with E-state index in [9.17, 15) is 29.7 Å². The SMILES string of the molecule is C#CCCCCCCCCC(=O)OCCNC(=O)[C@H](C)NC(=O)[C@H](OC)[C@H](O)[C@@H](O)[C@H](O)/C=C/C(C)(C)C. The molecular weight excluding hydrogens is 492 g/mol. The lowest BCUT2D eigenvalue weighted by molar-refractivity contribution is -0.150. The van der Waals surface area contributed by atoms with Crippen LogP contribution in [0.2, 0.25) is 0 Å². The van der Waals surface area contributed by atoms with Crippen LogP contribution in [0.5, 0.6) is 0 Å². The van der Waals surface area contributed by atoms with Gasteiger partial charge in [-0.25, -0.2) is 0 Å². The van der Waals surface area contributed by atoms with Crippen molar-refractivity contribution in [3.8, 4) is 12.3 Å². The van der Waals surface area contributed by atoms with E-state index in [0.717, 1.165) is 52.1 Å². The van der Waals surface area contributed by atoms with Gasteiger partial charge < -0.3 is 35.4 Å². The number of carbonyl (C=O) groups excluding carboxylic acids is 3. The lowest BCUT2D eigenvalue weighted by Crippen LogP contribution is -2.55. The van der Waals surface area contributed by atoms with Crippen molar-refractivity contribution in [2.75, 3.05) is 20.3 Å². The number of unbranched alkanes of at least 4 members (excludes halogenated alkanes) is 6. The van der Waals surface area contributed by atoms with Crippen LogP contribution in [0.1, 0.15) is 79.1 Å². The van der Waals surface area contributed by atoms with Crippen LogP contribution in [0, 0.1) is 17.8 Å². The first-order chi connectivity index (χ1) is 17.8. The second-order valence-corrected chi connectivity index (χ2v) is 10.4. The molecule has 0 aromatic rings. The molecule has 10 nitrogen and oxygen atoms in total. The van der Waals surface area contributed by atoms with Gasteiger partial charge in [0.25, 0.3) is 5.91 Å². The molecule has 38 heavy (non-hydrogen) atoms. The summed E-state index contributed by atoms with van der Waals surface area (Å²) in [6.45, 7) is 7.20. The molecule has 0 heterocycles. The minimum atomic E-state index is -1.75. The standard InChI is InChI=1S/C28H48N2O8/c1-7-8-9-10-11-12-13-14-15-22(32)38-19-18-29-26(35)20(2)30-27(36)25(37-6)24(34)23(33)21(31)16-17-28(3,4)5/h1,16-17,20-21,23-25,31,33-34H,8-15,18-19H2,2-6H3,(H,29,35)(H,30,36)/b17-16+/t20-,21+,23-,24+,25+/m0/s1. The highest BCUT2D eigenvalue weighted by atomic mass is 16.5. The molecule has 0 saturated carbocycles. The third-order valence-electron chi connectivity index (χ3n) is 5.68. The van der Waals surface area contributed by atoms with Gasteiger partial charge in [-0.3, -0.25) is 14.4 Å². The maximum absolute atomic E-state index is 12.5. The highest BCUT2D eigenvalue weighted by Crippen LogP contribution is 2.17. The number of aliphatic hydroxyl groups excluding tert-OH is 3. The summed E-state index contributed by atoms with van der Waals surface area (Å²) >= 11 is 0. The number of terminal acetylenes is 1. The van der Waals surface area contributed by atoms with Gasteiger partial charge >= 0.3 is 5.97 Å². The van der Waals surface area contributed by atoms with E-state index in [1.165, 1.54) is 13.0 Å². The topological polar surface area (TPSA) is 154 Å². The maximum atomic E-state index is 12.5. The fourth-order valence-electron chi connectivity index (χ4n) is 3.41. The number of hydrogen-bond acceptors (Lipinski definition) is 8. The van der Waals surface area contributed by atoms with Crippen molar-refractivity contribution >= 4 is 17.8 Å². The molecule has 5 N–H and O–H groups in total. The molecule has 0 saturated heterocycles. The van der Waals surface area contributed by atoms with Gasteiger partial charge in [0.1, 0.15) is 31.0 Å². The number of methoxy groups -OCH3 is 1. The van der Waals surface area contributed by atoms with Gasteiger partial charge in [0.15, 0.2) is 6.10 Å². The predicted molar refractivity (Wildman–Crippen MR) is 145 cm³/mol. The third kappa shape index (κ3) is 16.4. The molecule has 0 radical (unpaired) electrons. The van der Waals surface area contributed by atoms with E-state index < -0.39 is 42.3 Å². The highest BCUT2D eigenvalue weighted by Gasteiger charge is 2.36. The number of hydrogen-bond donors (Lipinski definition) is 5. The zero-order valence-corrected chi connectivity index (χ0v) is 23.6. The Kier molecular flexibility index (Phi) is 18.3. The van der Waals surface area contributed by atoms with Crippen molar-refractivity contribution in [1.82, 2.24) is 10.6 Å². The first-order valence-corrected chi connectivity index (χ1v) is 13.3. The lowest BCUT2D eigenvalue weighted by atomic mass is 9.94. The van der Waals surface area contributed by atoms with Crippen LogP contribution in [0.25, 0.3) is 0 Å². The van der Waals surface area contributed by atoms with E-state index in [1.807, 2.05) is 20.8 Å². The van der Waals surface area contributed by atoms with Crippen molar-refractivity contribution in [3.63, 3.8) is 0 Å². The van der Waals surface area contributed by atoms with Crippen LogP contribution in [-0.2, 0) is 23.9 Å². The van der Waals surface area contributed by atoms with Gasteiger partial charge in [0.2, 0.25) is 5.91 Å². The number of aliphatic hydroxyl groups is 3. The first-order valence-electron chi connectivity index (χ1n) is 13.3. The van der Waals surface area contributed by atoms with Crippen LogP contribution in [0.3, 0.4) is 0 Å². The van der Waals surface area contributed by atoms with Crippen LogP contribution in [0.4, 0.5) is 0 Å². The van der Waals surface area contributed by atoms with Crippen molar-refractivity contribution in [1.29, 1.82) is 0 Å². The van der Waals surface area contributed by atoms with E-state index in [0.29, 0.717) is 6.42 Å². The Bertz CT molecular complexity index is 772. The molecule has 0 spiro atoms. The average molecular weight is 541 g/mol. The number of nitrogens with one attached hydrogen (secondary N) is 2. The Hall–Kier alpha value is -2.45. The Morgan fingerprint density at radius 1 is 0.974 bits per heavy atom. The Morgan fingerprint density at radius 3 is 2.16 bits per heavy atom. The first kappa shape index (κ1) is 35.5. The quantitative estimate of drug-likeness (QED) is 0.0716. The number of carbonyl (C=O) groups is 3. The minimum absolute atomic E-state index is 0.00288. The lowest BCUT2D eigenvalue weighted by Gasteiger charge is -2.28. The maximum Gasteiger partial charge on any atom is 0.305 e. The molecule has 2 amide bonds. The summed E-state index contributed by atoms with van der Waals surface area (Å²) in [4.78, 5) is 36.6. The number of esters is 1. The van der Waals surface area contributed by atoms with Crippen LogP contribution in [-0.4, -0.2) is 83.8 Å². The van der Waals surface area contributed by atoms with Crippen molar-refractivity contribution < 1.29 is 39.2 Å². The zero-order chi connectivity index (χ0) is 29.1. The van der Waals surface area contributed by atoms with Gasteiger partial charge in [-0.2, -0.15) is 0 Å². The van der Waals surface area contributed by atoms with Gasteiger partial charge in [-0.1, -0.05) is 58.6 Å². The van der Waals surface area contributed by atoms with E-state index in [-0.39, 0.29) is 24.5 Å². The monoisotopic (exact) mass is 540 g/mol. The number of allylic oxidation sites excluding steroid dienone is 1. The van der Waals surface area contributed by atoms with Gasteiger partial charge in [0.05, 0.1) is 6.54 Å². The van der Waals surface area contributed by atoms with Crippen LogP contribution in [0.15, 0.2) is 12.2 Å². The Morgan fingerprint density at radius 2 is 1.58 bits per heavy atom. The molecule has 0 rings (SSSR count). The van der Waals surface area contributed by atoms with Crippen molar-refractivity contribution in [3.05, 3.63) is 12.2 Å². The molecular formula is C28H48N2O8. The molecule has 0 aliphatic rings. The summed E-state index contributed by atoms with van der Waals surface area (Å²) in [5, 5.41) is 35.7. The third-order valence-corrected chi connectivity index (χ3v) is 5.68. The van der Waals surface area contributed by atoms with Crippen LogP contribution >= 0.6 is 0 Å². The Labute approximate surface area is 227 Å². The largest absolute Gasteiger partial charge is 0.464 e. The van der Waals surface area contributed by atoms with E-state index in [1.54, 1.807) is 6.08 Å². The molecule has 0 aromatic carbocycles. The number of amides is 2. The molecule has 0 bridgehead atoms. The fraction of sp³-hybridized carbons (Fsp3) is 0.750. The van der Waals surface area contributed by atoms with E-state index >= 15 is 0 Å². The molecule has 5 atom stereocenters. The Balaban J connectivity index is 4.34. The second kappa shape index (κ2) is 19.6. The molecule has 0 fully saturated rings. The van der Waals surface area contributed by atoms with Gasteiger partial charge in [-0.15, -0.1) is 12.3 Å². The summed E-state index contributed by atoms with van der Waals surface area (Å²) in [6.07, 6.45) is 8.91. The summed E-state index contributed by atoms with van der Waals surface area (Å²) in [5.41, 5.74) is -0.256. The van der Waals surface area contributed by atoms with Crippen molar-refractivity contribution in [2.45, 2.75) is 110 Å². The van der Waals surface area contributed by atoms with Crippen molar-refractivity contribution in [2.24, 2.45) is 5.41 Å². The van der Waals surface area contributed by atoms with Gasteiger partial charge in [-0.05, 0) is 25.2 Å². The molecule has 0 aromatic heterocycles. The van der Waals surface area contributed by atoms with Gasteiger partial charge in [0, 0.05) is 20.0 Å². The van der Waals surface area contributed by atoms with E-state index in [4.69, 9.17) is 15.9 Å². The average Bonchev–Trinajstić information content (AvgIpc) is 2.85. The van der Waals surface area contributed by atoms with E-state index in [2.05, 4.69) is 16.6 Å². The number of rotatable bonds is 19. The predicted octanol–water partition coefficient (Wildman–Crippen LogP) is 1.60. The molecule has 0 unspecified atom stereocenters. The summed E-state index contributed by atoms with van der Waals surface area (Å²) < 4.78 is 10.1. The molecule has 218 valence electrons. The minimum Gasteiger partial charge on any atom is -0.464 e. The zero-order valence-electron chi connectivity index (χ0n) is 23.6. The second-order valence-electron chi connectivity index (χ2n) is 10.4. The normalized spacial score (nSPS) is 15.7. The summed E-state index contributed by atoms with van der Waals surface area (Å²) in [6, 6.07) is -0.994. The number of ether oxygens (including phenoxy) is 2. The molecule has 0 aliphatic carbocycles. The van der Waals surface area contributed by atoms with Crippen LogP contribution < -0.4 is 10.6 Å². The smallest absolute Gasteiger partial charge is 0.305 e.